The van der Waals surface area contributed by atoms with Crippen molar-refractivity contribution in [3.8, 4) is 11.4 Å². The van der Waals surface area contributed by atoms with Crippen LogP contribution in [-0.4, -0.2) is 22.6 Å². The zero-order valence-corrected chi connectivity index (χ0v) is 30.8. The minimum atomic E-state index is 0.137. The summed E-state index contributed by atoms with van der Waals surface area (Å²) in [6, 6.07) is 54.9. The Morgan fingerprint density at radius 2 is 0.836 bits per heavy atom. The van der Waals surface area contributed by atoms with Crippen molar-refractivity contribution in [2.24, 2.45) is 0 Å². The molecule has 0 unspecified atom stereocenters. The van der Waals surface area contributed by atoms with Gasteiger partial charge in [0, 0.05) is 63.3 Å². The molecule has 55 heavy (non-hydrogen) atoms. The van der Waals surface area contributed by atoms with E-state index in [9.17, 15) is 0 Å². The molecule has 0 N–H and O–H groups in total. The third kappa shape index (κ3) is 3.28. The number of benzene rings is 8. The summed E-state index contributed by atoms with van der Waals surface area (Å²) >= 11 is 3.79. The number of furan rings is 1. The summed E-state index contributed by atoms with van der Waals surface area (Å²) in [6.45, 7) is 0.274. The number of aromatic nitrogens is 2. The summed E-state index contributed by atoms with van der Waals surface area (Å²) in [5.74, 6) is 0. The van der Waals surface area contributed by atoms with E-state index in [0.29, 0.717) is 0 Å². The van der Waals surface area contributed by atoms with Crippen LogP contribution in [0.5, 0.6) is 0 Å². The summed E-state index contributed by atoms with van der Waals surface area (Å²) in [5, 5.41) is 7.69. The average Bonchev–Trinajstić information content (AvgIpc) is 3.88. The van der Waals surface area contributed by atoms with Crippen molar-refractivity contribution in [1.82, 2.24) is 9.13 Å². The van der Waals surface area contributed by atoms with Gasteiger partial charge in [0.15, 0.2) is 0 Å². The van der Waals surface area contributed by atoms with Crippen molar-refractivity contribution < 1.29 is 4.42 Å². The molecule has 7 heteroatoms. The first-order chi connectivity index (χ1) is 27.3. The molecule has 0 spiro atoms. The fourth-order valence-corrected chi connectivity index (χ4v) is 13.2. The summed E-state index contributed by atoms with van der Waals surface area (Å²) in [7, 11) is 0. The van der Waals surface area contributed by atoms with E-state index in [1.807, 2.05) is 23.5 Å². The summed E-state index contributed by atoms with van der Waals surface area (Å²) in [5.41, 5.74) is 18.1. The fourth-order valence-electron chi connectivity index (χ4n) is 10.9. The molecule has 4 aliphatic heterocycles. The van der Waals surface area contributed by atoms with Gasteiger partial charge in [0.05, 0.1) is 22.1 Å². The predicted molar refractivity (Wildman–Crippen MR) is 233 cm³/mol. The lowest BCUT2D eigenvalue weighted by Crippen LogP contribution is -2.58. The van der Waals surface area contributed by atoms with E-state index >= 15 is 0 Å². The maximum absolute atomic E-state index is 6.85. The molecule has 0 saturated heterocycles. The van der Waals surface area contributed by atoms with Crippen LogP contribution in [0.15, 0.2) is 170 Å². The Labute approximate surface area is 323 Å². The molecule has 0 radical (unpaired) electrons. The number of rotatable bonds is 0. The largest absolute Gasteiger partial charge is 0.456 e. The lowest BCUT2D eigenvalue weighted by Gasteiger charge is -2.33. The van der Waals surface area contributed by atoms with Crippen LogP contribution in [-0.2, 0) is 0 Å². The van der Waals surface area contributed by atoms with Crippen LogP contribution in [0.3, 0.4) is 0 Å². The topological polar surface area (TPSA) is 23.0 Å². The van der Waals surface area contributed by atoms with Gasteiger partial charge in [-0.15, -0.1) is 0 Å². The van der Waals surface area contributed by atoms with Gasteiger partial charge in [0.1, 0.15) is 11.2 Å². The van der Waals surface area contributed by atoms with Gasteiger partial charge in [0.2, 0.25) is 13.4 Å². The number of hydrogen-bond donors (Lipinski definition) is 0. The van der Waals surface area contributed by atoms with E-state index in [0.717, 1.165) is 11.2 Å². The van der Waals surface area contributed by atoms with E-state index in [2.05, 4.69) is 155 Å². The van der Waals surface area contributed by atoms with Crippen molar-refractivity contribution >= 4 is 135 Å². The van der Waals surface area contributed by atoms with Crippen molar-refractivity contribution in [2.75, 3.05) is 0 Å². The van der Waals surface area contributed by atoms with Crippen LogP contribution in [0.4, 0.5) is 0 Å². The Balaban J connectivity index is 1.00. The first-order valence-electron chi connectivity index (χ1n) is 19.0. The van der Waals surface area contributed by atoms with Gasteiger partial charge in [-0.3, -0.25) is 0 Å². The second kappa shape index (κ2) is 9.61. The molecule has 4 aliphatic rings. The highest BCUT2D eigenvalue weighted by Crippen LogP contribution is 2.44. The minimum absolute atomic E-state index is 0.137. The molecule has 0 atom stereocenters. The Morgan fingerprint density at radius 3 is 1.35 bits per heavy atom. The molecule has 250 valence electrons. The van der Waals surface area contributed by atoms with Crippen molar-refractivity contribution in [3.63, 3.8) is 0 Å². The molecule has 11 aromatic rings. The smallest absolute Gasteiger partial charge is 0.249 e. The van der Waals surface area contributed by atoms with Crippen LogP contribution in [0.25, 0.3) is 76.9 Å². The highest BCUT2D eigenvalue weighted by atomic mass is 32.2. The first kappa shape index (κ1) is 28.4. The third-order valence-electron chi connectivity index (χ3n) is 13.0. The molecule has 8 aromatic carbocycles. The van der Waals surface area contributed by atoms with Gasteiger partial charge < -0.3 is 13.6 Å². The highest BCUT2D eigenvalue weighted by Gasteiger charge is 2.42. The quantitative estimate of drug-likeness (QED) is 0.147. The lowest BCUT2D eigenvalue weighted by molar-refractivity contribution is 0.667. The molecule has 0 saturated carbocycles. The zero-order chi connectivity index (χ0) is 35.3. The van der Waals surface area contributed by atoms with Crippen LogP contribution in [0.1, 0.15) is 0 Å². The number of fused-ring (bicyclic) bond motifs is 19. The number of hydrogen-bond acceptors (Lipinski definition) is 3. The highest BCUT2D eigenvalue weighted by molar-refractivity contribution is 8.00. The second-order valence-corrected chi connectivity index (χ2v) is 17.7. The zero-order valence-electron chi connectivity index (χ0n) is 29.1. The standard InChI is InChI=1S/C48H24B2N2OS2/c1-5-13-35-25(9-1)27-17-19-41-45-47(27)51(35)37-15-7-3-11-31(37)49(45)33-21-29-30-22-34-44(24-40(30)53-39(29)23-43(33)54-41)55-42-20-18-28-26-10-2-6-14-36(26)52-38-16-8-4-12-32(38)50(34)46(42)48(28)52/h1-24H. The molecule has 7 heterocycles. The van der Waals surface area contributed by atoms with Crippen LogP contribution >= 0.6 is 23.5 Å². The monoisotopic (exact) mass is 730 g/mol. The Hall–Kier alpha value is -6.01. The normalized spacial score (nSPS) is 14.3. The van der Waals surface area contributed by atoms with Gasteiger partial charge in [-0.05, 0) is 70.4 Å². The number of para-hydroxylation sites is 4. The third-order valence-corrected chi connectivity index (χ3v) is 15.3. The van der Waals surface area contributed by atoms with Crippen molar-refractivity contribution in [3.05, 3.63) is 146 Å². The number of nitrogens with zero attached hydrogens (tertiary/aromatic N) is 2. The second-order valence-electron chi connectivity index (χ2n) is 15.5. The van der Waals surface area contributed by atoms with E-state index in [4.69, 9.17) is 4.42 Å². The summed E-state index contributed by atoms with van der Waals surface area (Å²) in [6.07, 6.45) is 0. The van der Waals surface area contributed by atoms with Gasteiger partial charge in [0.25, 0.3) is 0 Å². The molecule has 3 nitrogen and oxygen atoms in total. The molecule has 0 bridgehead atoms. The Bertz CT molecular complexity index is 3410. The van der Waals surface area contributed by atoms with E-state index in [1.54, 1.807) is 0 Å². The Kier molecular flexibility index (Phi) is 4.97. The SMILES string of the molecule is c1ccc2c(c1)B1c3cc4c(cc3Sc3ccc5c6ccccc6n-2c5c31)oc1cc2c(cc14)B1c3ccccc3-n3c4ccccc4c4ccc(c1c43)S2. The minimum Gasteiger partial charge on any atom is -0.456 e. The lowest BCUT2D eigenvalue weighted by atomic mass is 9.35. The molecule has 0 amide bonds. The summed E-state index contributed by atoms with van der Waals surface area (Å²) < 4.78 is 11.9. The molecular formula is C48H24B2N2OS2. The van der Waals surface area contributed by atoms with Gasteiger partial charge >= 0.3 is 0 Å². The predicted octanol–water partition coefficient (Wildman–Crippen LogP) is 8.37. The molecule has 0 aliphatic carbocycles. The van der Waals surface area contributed by atoms with Crippen LogP contribution < -0.4 is 32.8 Å². The van der Waals surface area contributed by atoms with Gasteiger partial charge in [-0.25, -0.2) is 0 Å². The van der Waals surface area contributed by atoms with E-state index in [-0.39, 0.29) is 13.4 Å². The molecule has 15 rings (SSSR count). The molecule has 0 fully saturated rings. The fraction of sp³-hybridized carbons (Fsp3) is 0. The van der Waals surface area contributed by atoms with Gasteiger partial charge in [-0.1, -0.05) is 132 Å². The van der Waals surface area contributed by atoms with Crippen molar-refractivity contribution in [1.29, 1.82) is 0 Å². The van der Waals surface area contributed by atoms with Crippen molar-refractivity contribution in [2.45, 2.75) is 19.6 Å². The molecular weight excluding hydrogens is 706 g/mol. The van der Waals surface area contributed by atoms with Crippen LogP contribution in [0, 0.1) is 0 Å². The summed E-state index contributed by atoms with van der Waals surface area (Å²) in [4.78, 5) is 5.24. The maximum Gasteiger partial charge on any atom is 0.249 e. The van der Waals surface area contributed by atoms with E-state index < -0.39 is 0 Å². The average molecular weight is 730 g/mol. The van der Waals surface area contributed by atoms with E-state index in [1.165, 1.54) is 118 Å². The Morgan fingerprint density at radius 1 is 0.382 bits per heavy atom. The molecule has 3 aromatic heterocycles. The maximum atomic E-state index is 6.85. The first-order valence-corrected chi connectivity index (χ1v) is 20.6. The van der Waals surface area contributed by atoms with Crippen LogP contribution in [0.2, 0.25) is 0 Å². The van der Waals surface area contributed by atoms with Gasteiger partial charge in [-0.2, -0.15) is 0 Å².